The van der Waals surface area contributed by atoms with Gasteiger partial charge in [-0.2, -0.15) is 5.10 Å². The zero-order valence-corrected chi connectivity index (χ0v) is 12.6. The third kappa shape index (κ3) is 2.71. The molecular weight excluding hydrogens is 284 g/mol. The first-order chi connectivity index (χ1) is 10.6. The smallest absolute Gasteiger partial charge is 0.166 e. The van der Waals surface area contributed by atoms with Crippen LogP contribution in [0.15, 0.2) is 36.7 Å². The molecule has 0 spiro atoms. The normalized spacial score (nSPS) is 11.5. The van der Waals surface area contributed by atoms with Crippen LogP contribution in [0, 0.1) is 17.6 Å². The number of hydrogen-bond donors (Lipinski definition) is 0. The van der Waals surface area contributed by atoms with Gasteiger partial charge >= 0.3 is 0 Å². The van der Waals surface area contributed by atoms with Crippen molar-refractivity contribution < 1.29 is 8.78 Å². The van der Waals surface area contributed by atoms with Gasteiger partial charge in [0.25, 0.3) is 0 Å². The van der Waals surface area contributed by atoms with E-state index in [0.717, 1.165) is 30.1 Å². The second-order valence-corrected chi connectivity index (χ2v) is 5.78. The Morgan fingerprint density at radius 1 is 1.18 bits per heavy atom. The van der Waals surface area contributed by atoms with E-state index in [0.29, 0.717) is 11.5 Å². The van der Waals surface area contributed by atoms with Crippen molar-refractivity contribution in [3.05, 3.63) is 48.3 Å². The third-order valence-corrected chi connectivity index (χ3v) is 3.68. The molecule has 0 radical (unpaired) electrons. The molecule has 0 unspecified atom stereocenters. The van der Waals surface area contributed by atoms with Gasteiger partial charge in [-0.05, 0) is 24.5 Å². The van der Waals surface area contributed by atoms with Crippen LogP contribution in [-0.2, 0) is 6.54 Å². The summed E-state index contributed by atoms with van der Waals surface area (Å²) in [5.74, 6) is -1.14. The van der Waals surface area contributed by atoms with Gasteiger partial charge in [-0.3, -0.25) is 9.67 Å². The second-order valence-electron chi connectivity index (χ2n) is 5.78. The fourth-order valence-electron chi connectivity index (χ4n) is 2.39. The van der Waals surface area contributed by atoms with Crippen LogP contribution >= 0.6 is 0 Å². The van der Waals surface area contributed by atoms with Crippen molar-refractivity contribution >= 4 is 11.0 Å². The summed E-state index contributed by atoms with van der Waals surface area (Å²) in [7, 11) is 0. The van der Waals surface area contributed by atoms with Gasteiger partial charge in [0, 0.05) is 23.9 Å². The molecule has 22 heavy (non-hydrogen) atoms. The average molecular weight is 301 g/mol. The van der Waals surface area contributed by atoms with Crippen LogP contribution in [0.4, 0.5) is 8.78 Å². The molecule has 3 aromatic rings. The number of halogens is 2. The van der Waals surface area contributed by atoms with E-state index in [-0.39, 0.29) is 5.56 Å². The first kappa shape index (κ1) is 14.6. The van der Waals surface area contributed by atoms with Crippen molar-refractivity contribution in [2.75, 3.05) is 0 Å². The van der Waals surface area contributed by atoms with E-state index in [1.807, 2.05) is 10.7 Å². The molecule has 0 amide bonds. The Morgan fingerprint density at radius 2 is 2.00 bits per heavy atom. The number of rotatable bonds is 4. The highest BCUT2D eigenvalue weighted by molar-refractivity contribution is 5.80. The molecule has 0 fully saturated rings. The molecule has 3 rings (SSSR count). The minimum absolute atomic E-state index is 0.214. The van der Waals surface area contributed by atoms with E-state index in [1.165, 1.54) is 6.07 Å². The number of hydrogen-bond acceptors (Lipinski definition) is 2. The van der Waals surface area contributed by atoms with Crippen LogP contribution in [0.3, 0.4) is 0 Å². The maximum atomic E-state index is 13.9. The van der Waals surface area contributed by atoms with Gasteiger partial charge in [0.1, 0.15) is 5.52 Å². The highest BCUT2D eigenvalue weighted by Crippen LogP contribution is 2.26. The molecule has 2 aromatic heterocycles. The lowest BCUT2D eigenvalue weighted by Gasteiger charge is -2.08. The first-order valence-corrected chi connectivity index (χ1v) is 7.32. The summed E-state index contributed by atoms with van der Waals surface area (Å²) in [5, 5.41) is 4.33. The number of benzene rings is 1. The molecule has 2 heterocycles. The topological polar surface area (TPSA) is 30.7 Å². The van der Waals surface area contributed by atoms with Crippen molar-refractivity contribution in [3.8, 4) is 11.1 Å². The molecule has 5 heteroatoms. The van der Waals surface area contributed by atoms with E-state index in [1.54, 1.807) is 18.5 Å². The molecule has 0 bridgehead atoms. The third-order valence-electron chi connectivity index (χ3n) is 3.68. The van der Waals surface area contributed by atoms with E-state index < -0.39 is 11.6 Å². The predicted molar refractivity (Wildman–Crippen MR) is 82.3 cm³/mol. The van der Waals surface area contributed by atoms with Gasteiger partial charge in [-0.25, -0.2) is 8.78 Å². The highest BCUT2D eigenvalue weighted by Gasteiger charge is 2.12. The Kier molecular flexibility index (Phi) is 3.88. The quantitative estimate of drug-likeness (QED) is 0.714. The van der Waals surface area contributed by atoms with Crippen molar-refractivity contribution in [3.63, 3.8) is 0 Å². The van der Waals surface area contributed by atoms with Gasteiger partial charge in [0.15, 0.2) is 11.6 Å². The van der Waals surface area contributed by atoms with E-state index in [9.17, 15) is 8.78 Å². The molecule has 0 N–H and O–H groups in total. The molecule has 114 valence electrons. The number of fused-ring (bicyclic) bond motifs is 1. The number of aryl methyl sites for hydroxylation is 1. The van der Waals surface area contributed by atoms with Crippen LogP contribution in [0.2, 0.25) is 0 Å². The fraction of sp³-hybridized carbons (Fsp3) is 0.294. The predicted octanol–water partition coefficient (Wildman–Crippen LogP) is 4.42. The summed E-state index contributed by atoms with van der Waals surface area (Å²) in [6, 6.07) is 5.97. The van der Waals surface area contributed by atoms with Crippen LogP contribution in [0.1, 0.15) is 20.3 Å². The summed E-state index contributed by atoms with van der Waals surface area (Å²) in [6.07, 6.45) is 4.24. The van der Waals surface area contributed by atoms with E-state index >= 15 is 0 Å². The minimum atomic E-state index is -0.856. The number of pyridine rings is 1. The van der Waals surface area contributed by atoms with Gasteiger partial charge in [-0.15, -0.1) is 0 Å². The molecule has 0 saturated heterocycles. The summed E-state index contributed by atoms with van der Waals surface area (Å²) >= 11 is 0. The Hall–Kier alpha value is -2.30. The Labute approximate surface area is 127 Å². The highest BCUT2D eigenvalue weighted by atomic mass is 19.2. The molecule has 0 aliphatic heterocycles. The fourth-order valence-corrected chi connectivity index (χ4v) is 2.39. The summed E-state index contributed by atoms with van der Waals surface area (Å²) in [4.78, 5) is 4.30. The average Bonchev–Trinajstić information content (AvgIpc) is 2.90. The van der Waals surface area contributed by atoms with Crippen LogP contribution in [-0.4, -0.2) is 14.8 Å². The maximum Gasteiger partial charge on any atom is 0.166 e. The molecule has 1 aromatic carbocycles. The van der Waals surface area contributed by atoms with Gasteiger partial charge < -0.3 is 0 Å². The first-order valence-electron chi connectivity index (χ1n) is 7.32. The molecule has 0 aliphatic carbocycles. The monoisotopic (exact) mass is 301 g/mol. The van der Waals surface area contributed by atoms with Crippen molar-refractivity contribution in [2.45, 2.75) is 26.8 Å². The van der Waals surface area contributed by atoms with Gasteiger partial charge in [-0.1, -0.05) is 26.0 Å². The molecule has 3 nitrogen and oxygen atoms in total. The minimum Gasteiger partial charge on any atom is -0.263 e. The Bertz CT molecular complexity index is 809. The zero-order valence-electron chi connectivity index (χ0n) is 12.6. The number of nitrogens with zero attached hydrogens (tertiary/aromatic N) is 3. The molecule has 0 aliphatic rings. The summed E-state index contributed by atoms with van der Waals surface area (Å²) in [5.41, 5.74) is 2.35. The summed E-state index contributed by atoms with van der Waals surface area (Å²) in [6.45, 7) is 5.08. The number of aromatic nitrogens is 3. The van der Waals surface area contributed by atoms with Crippen molar-refractivity contribution in [1.29, 1.82) is 0 Å². The Balaban J connectivity index is 2.05. The van der Waals surface area contributed by atoms with Crippen LogP contribution < -0.4 is 0 Å². The van der Waals surface area contributed by atoms with E-state index in [2.05, 4.69) is 23.9 Å². The lowest BCUT2D eigenvalue weighted by molar-refractivity contribution is 0.496. The van der Waals surface area contributed by atoms with Crippen LogP contribution in [0.25, 0.3) is 22.2 Å². The Morgan fingerprint density at radius 3 is 2.77 bits per heavy atom. The molecule has 0 atom stereocenters. The van der Waals surface area contributed by atoms with Crippen molar-refractivity contribution in [1.82, 2.24) is 14.8 Å². The maximum absolute atomic E-state index is 13.9. The lowest BCUT2D eigenvalue weighted by Crippen LogP contribution is -2.03. The summed E-state index contributed by atoms with van der Waals surface area (Å²) < 4.78 is 29.2. The zero-order chi connectivity index (χ0) is 15.7. The van der Waals surface area contributed by atoms with Crippen molar-refractivity contribution in [2.24, 2.45) is 5.92 Å². The lowest BCUT2D eigenvalue weighted by atomic mass is 10.1. The standard InChI is InChI=1S/C17H17F2N3/c1-11(2)6-7-22-16-8-12(9-20-15(16)10-21-22)13-4-3-5-14(18)17(13)19/h3-5,8-11H,6-7H2,1-2H3. The molecular formula is C17H17F2N3. The van der Waals surface area contributed by atoms with Gasteiger partial charge in [0.05, 0.1) is 11.7 Å². The second kappa shape index (κ2) is 5.83. The SMILES string of the molecule is CC(C)CCn1ncc2ncc(-c3cccc(F)c3F)cc21. The molecule has 0 saturated carbocycles. The van der Waals surface area contributed by atoms with Gasteiger partial charge in [0.2, 0.25) is 0 Å². The van der Waals surface area contributed by atoms with Crippen LogP contribution in [0.5, 0.6) is 0 Å². The van der Waals surface area contributed by atoms with E-state index in [4.69, 9.17) is 0 Å². The largest absolute Gasteiger partial charge is 0.263 e.